The van der Waals surface area contributed by atoms with Gasteiger partial charge in [-0.05, 0) is 6.07 Å². The summed E-state index contributed by atoms with van der Waals surface area (Å²) >= 11 is 0. The maximum atomic E-state index is 9.04. The van der Waals surface area contributed by atoms with Crippen LogP contribution in [0.4, 0.5) is 0 Å². The van der Waals surface area contributed by atoms with Gasteiger partial charge >= 0.3 is 0 Å². The summed E-state index contributed by atoms with van der Waals surface area (Å²) < 4.78 is 6.24. The lowest BCUT2D eigenvalue weighted by atomic mass is 10.4. The molecular weight excluding hydrogens is 132 g/mol. The number of aryl methyl sites for hydroxylation is 1. The number of aromatic nitrogens is 2. The number of aliphatic hydroxyl groups excluding tert-OH is 1. The minimum absolute atomic E-state index is 0.532. The maximum Gasteiger partial charge on any atom is 0.200 e. The summed E-state index contributed by atoms with van der Waals surface area (Å²) in [6.45, 7) is 0. The highest BCUT2D eigenvalue weighted by Crippen LogP contribution is 2.08. The molecule has 4 heteroatoms. The van der Waals surface area contributed by atoms with Crippen LogP contribution in [-0.2, 0) is 11.8 Å². The number of aliphatic hydroxyl groups is 1. The summed E-state index contributed by atoms with van der Waals surface area (Å²) in [4.78, 5) is 0. The van der Waals surface area contributed by atoms with Gasteiger partial charge in [-0.2, -0.15) is 5.10 Å². The Kier molecular flexibility index (Phi) is 2.03. The molecule has 10 heavy (non-hydrogen) atoms. The van der Waals surface area contributed by atoms with Crippen LogP contribution in [0.3, 0.4) is 0 Å². The van der Waals surface area contributed by atoms with Gasteiger partial charge in [-0.25, -0.2) is 0 Å². The van der Waals surface area contributed by atoms with E-state index in [0.717, 1.165) is 0 Å². The molecule has 0 spiro atoms. The van der Waals surface area contributed by atoms with Gasteiger partial charge in [0, 0.05) is 20.4 Å². The van der Waals surface area contributed by atoms with E-state index in [1.165, 1.54) is 7.11 Å². The second-order valence-electron chi connectivity index (χ2n) is 2.00. The molecule has 1 unspecified atom stereocenters. The van der Waals surface area contributed by atoms with Crippen molar-refractivity contribution in [3.63, 3.8) is 0 Å². The third-order valence-corrected chi connectivity index (χ3v) is 1.21. The molecule has 56 valence electrons. The third kappa shape index (κ3) is 1.34. The molecule has 0 saturated heterocycles. The molecule has 0 aliphatic carbocycles. The van der Waals surface area contributed by atoms with E-state index < -0.39 is 6.29 Å². The molecule has 1 heterocycles. The van der Waals surface area contributed by atoms with Crippen LogP contribution < -0.4 is 0 Å². The molecule has 0 aliphatic heterocycles. The van der Waals surface area contributed by atoms with Crippen LogP contribution >= 0.6 is 0 Å². The molecule has 4 nitrogen and oxygen atoms in total. The normalized spacial score (nSPS) is 13.5. The predicted molar refractivity (Wildman–Crippen MR) is 35.2 cm³/mol. The Labute approximate surface area is 59.0 Å². The van der Waals surface area contributed by atoms with Crippen LogP contribution in [-0.4, -0.2) is 22.0 Å². The van der Waals surface area contributed by atoms with E-state index in [1.807, 2.05) is 0 Å². The van der Waals surface area contributed by atoms with Gasteiger partial charge in [0.05, 0.1) is 0 Å². The van der Waals surface area contributed by atoms with E-state index in [9.17, 15) is 0 Å². The molecule has 0 amide bonds. The molecule has 1 atom stereocenters. The van der Waals surface area contributed by atoms with E-state index in [4.69, 9.17) is 5.11 Å². The fourth-order valence-electron chi connectivity index (χ4n) is 0.685. The van der Waals surface area contributed by atoms with E-state index in [0.29, 0.717) is 5.69 Å². The van der Waals surface area contributed by atoms with Crippen LogP contribution in [0.25, 0.3) is 0 Å². The Bertz CT molecular complexity index is 209. The zero-order valence-corrected chi connectivity index (χ0v) is 5.98. The number of methoxy groups -OCH3 is 1. The number of ether oxygens (including phenoxy) is 1. The molecular formula is C6H10N2O2. The summed E-state index contributed by atoms with van der Waals surface area (Å²) in [5, 5.41) is 13.0. The van der Waals surface area contributed by atoms with Gasteiger partial charge in [0.25, 0.3) is 0 Å². The van der Waals surface area contributed by atoms with Gasteiger partial charge in [-0.3, -0.25) is 4.68 Å². The Balaban J connectivity index is 2.74. The van der Waals surface area contributed by atoms with Crippen LogP contribution in [0.2, 0.25) is 0 Å². The number of hydrogen-bond donors (Lipinski definition) is 1. The van der Waals surface area contributed by atoms with Crippen molar-refractivity contribution >= 4 is 0 Å². The van der Waals surface area contributed by atoms with E-state index in [1.54, 1.807) is 24.0 Å². The Morgan fingerprint density at radius 1 is 1.80 bits per heavy atom. The van der Waals surface area contributed by atoms with Crippen molar-refractivity contribution in [2.75, 3.05) is 7.11 Å². The number of rotatable bonds is 2. The fourth-order valence-corrected chi connectivity index (χ4v) is 0.685. The first kappa shape index (κ1) is 7.24. The van der Waals surface area contributed by atoms with Gasteiger partial charge in [-0.15, -0.1) is 0 Å². The Hall–Kier alpha value is -0.870. The van der Waals surface area contributed by atoms with Crippen molar-refractivity contribution in [2.24, 2.45) is 7.05 Å². The average Bonchev–Trinajstić information content (AvgIpc) is 2.34. The second-order valence-corrected chi connectivity index (χ2v) is 2.00. The maximum absolute atomic E-state index is 9.04. The zero-order valence-electron chi connectivity index (χ0n) is 5.98. The third-order valence-electron chi connectivity index (χ3n) is 1.21. The number of nitrogens with zero attached hydrogens (tertiary/aromatic N) is 2. The van der Waals surface area contributed by atoms with Crippen molar-refractivity contribution < 1.29 is 9.84 Å². The molecule has 0 fully saturated rings. The largest absolute Gasteiger partial charge is 0.363 e. The predicted octanol–water partition coefficient (Wildman–Crippen LogP) is 0.0574. The van der Waals surface area contributed by atoms with Crippen LogP contribution in [0, 0.1) is 0 Å². The SMILES string of the molecule is COC(O)c1ccn(C)n1. The highest BCUT2D eigenvalue weighted by molar-refractivity contribution is 4.99. The molecule has 0 aliphatic rings. The first-order valence-electron chi connectivity index (χ1n) is 2.94. The molecule has 0 saturated carbocycles. The Morgan fingerprint density at radius 2 is 2.50 bits per heavy atom. The molecule has 1 N–H and O–H groups in total. The van der Waals surface area contributed by atoms with Gasteiger partial charge < -0.3 is 9.84 Å². The summed E-state index contributed by atoms with van der Waals surface area (Å²) in [5.74, 6) is 0. The van der Waals surface area contributed by atoms with Crippen LogP contribution in [0.1, 0.15) is 12.0 Å². The summed E-state index contributed by atoms with van der Waals surface area (Å²) in [6.07, 6.45) is 0.846. The van der Waals surface area contributed by atoms with Crippen molar-refractivity contribution in [2.45, 2.75) is 6.29 Å². The molecule has 0 aromatic carbocycles. The topological polar surface area (TPSA) is 47.3 Å². The molecule has 0 radical (unpaired) electrons. The first-order valence-corrected chi connectivity index (χ1v) is 2.94. The van der Waals surface area contributed by atoms with Gasteiger partial charge in [0.1, 0.15) is 5.69 Å². The van der Waals surface area contributed by atoms with Crippen molar-refractivity contribution in [1.82, 2.24) is 9.78 Å². The van der Waals surface area contributed by atoms with Crippen molar-refractivity contribution in [1.29, 1.82) is 0 Å². The minimum atomic E-state index is -0.902. The number of hydrogen-bond acceptors (Lipinski definition) is 3. The molecule has 1 aromatic rings. The van der Waals surface area contributed by atoms with E-state index in [2.05, 4.69) is 9.84 Å². The van der Waals surface area contributed by atoms with Crippen LogP contribution in [0.15, 0.2) is 12.3 Å². The van der Waals surface area contributed by atoms with Gasteiger partial charge in [-0.1, -0.05) is 0 Å². The van der Waals surface area contributed by atoms with Crippen molar-refractivity contribution in [3.05, 3.63) is 18.0 Å². The van der Waals surface area contributed by atoms with E-state index >= 15 is 0 Å². The zero-order chi connectivity index (χ0) is 7.56. The minimum Gasteiger partial charge on any atom is -0.363 e. The standard InChI is InChI=1S/C6H10N2O2/c1-8-4-3-5(7-8)6(9)10-2/h3-4,6,9H,1-2H3. The second kappa shape index (κ2) is 2.81. The lowest BCUT2D eigenvalue weighted by Crippen LogP contribution is -2.01. The highest BCUT2D eigenvalue weighted by atomic mass is 16.6. The first-order chi connectivity index (χ1) is 4.74. The van der Waals surface area contributed by atoms with Crippen molar-refractivity contribution in [3.8, 4) is 0 Å². The smallest absolute Gasteiger partial charge is 0.200 e. The lowest BCUT2D eigenvalue weighted by Gasteiger charge is -2.02. The van der Waals surface area contributed by atoms with Gasteiger partial charge in [0.2, 0.25) is 0 Å². The summed E-state index contributed by atoms with van der Waals surface area (Å²) in [7, 11) is 3.21. The summed E-state index contributed by atoms with van der Waals surface area (Å²) in [5.41, 5.74) is 0.532. The fraction of sp³-hybridized carbons (Fsp3) is 0.500. The highest BCUT2D eigenvalue weighted by Gasteiger charge is 2.06. The quantitative estimate of drug-likeness (QED) is 0.594. The summed E-state index contributed by atoms with van der Waals surface area (Å²) in [6, 6.07) is 1.70. The van der Waals surface area contributed by atoms with Gasteiger partial charge in [0.15, 0.2) is 6.29 Å². The molecule has 1 rings (SSSR count). The van der Waals surface area contributed by atoms with Crippen LogP contribution in [0.5, 0.6) is 0 Å². The Morgan fingerprint density at radius 3 is 2.90 bits per heavy atom. The average molecular weight is 142 g/mol. The molecule has 0 bridgehead atoms. The van der Waals surface area contributed by atoms with E-state index in [-0.39, 0.29) is 0 Å². The molecule has 1 aromatic heterocycles. The monoisotopic (exact) mass is 142 g/mol. The lowest BCUT2D eigenvalue weighted by molar-refractivity contribution is -0.0801.